The fraction of sp³-hybridized carbons (Fsp3) is 0.269. The molecule has 0 saturated heterocycles. The summed E-state index contributed by atoms with van der Waals surface area (Å²) in [6.07, 6.45) is 15.0. The molecule has 4 heteroatoms. The second-order valence-corrected chi connectivity index (χ2v) is 6.34. The maximum Gasteiger partial charge on any atom is 0.258 e. The van der Waals surface area contributed by atoms with Gasteiger partial charge in [-0.1, -0.05) is 74.1 Å². The normalized spacial score (nSPS) is 14.3. The third kappa shape index (κ3) is 9.28. The van der Waals surface area contributed by atoms with Crippen molar-refractivity contribution in [2.24, 2.45) is 0 Å². The van der Waals surface area contributed by atoms with E-state index in [1.807, 2.05) is 70.2 Å². The molecule has 2 rings (SSSR count). The van der Waals surface area contributed by atoms with Crippen LogP contribution >= 0.6 is 0 Å². The first-order chi connectivity index (χ1) is 14.6. The van der Waals surface area contributed by atoms with Gasteiger partial charge in [-0.3, -0.25) is 4.79 Å². The van der Waals surface area contributed by atoms with Crippen molar-refractivity contribution in [3.05, 3.63) is 107 Å². The summed E-state index contributed by atoms with van der Waals surface area (Å²) in [4.78, 5) is 12.3. The summed E-state index contributed by atoms with van der Waals surface area (Å²) < 4.78 is 5.85. The zero-order chi connectivity index (χ0) is 22.2. The van der Waals surface area contributed by atoms with Crippen LogP contribution in [-0.2, 0) is 16.0 Å². The maximum absolute atomic E-state index is 12.3. The van der Waals surface area contributed by atoms with Crippen LogP contribution in [0.5, 0.6) is 0 Å². The van der Waals surface area contributed by atoms with Crippen LogP contribution in [0, 0.1) is 0 Å². The minimum Gasteiger partial charge on any atom is -0.515 e. The lowest BCUT2D eigenvalue weighted by molar-refractivity contribution is -0.116. The largest absolute Gasteiger partial charge is 0.515 e. The summed E-state index contributed by atoms with van der Waals surface area (Å²) in [5.74, 6) is 0.477. The number of nitrogens with one attached hydrogen (secondary N) is 1. The Hall–Kier alpha value is -3.27. The summed E-state index contributed by atoms with van der Waals surface area (Å²) in [6, 6.07) is 10.2. The number of hydrogen-bond acceptors (Lipinski definition) is 3. The lowest BCUT2D eigenvalue weighted by Crippen LogP contribution is -2.23. The van der Waals surface area contributed by atoms with Crippen molar-refractivity contribution in [1.82, 2.24) is 5.32 Å². The highest BCUT2D eigenvalue weighted by molar-refractivity contribution is 5.97. The lowest BCUT2D eigenvalue weighted by Gasteiger charge is -2.09. The minimum atomic E-state index is -0.369. The van der Waals surface area contributed by atoms with Crippen LogP contribution in [0.15, 0.2) is 102 Å². The summed E-state index contributed by atoms with van der Waals surface area (Å²) in [7, 11) is 0. The summed E-state index contributed by atoms with van der Waals surface area (Å²) >= 11 is 0. The number of amides is 1. The average Bonchev–Trinajstić information content (AvgIpc) is 3.01. The van der Waals surface area contributed by atoms with Gasteiger partial charge < -0.3 is 15.2 Å². The Labute approximate surface area is 180 Å². The van der Waals surface area contributed by atoms with Gasteiger partial charge >= 0.3 is 0 Å². The highest BCUT2D eigenvalue weighted by Gasteiger charge is 2.09. The van der Waals surface area contributed by atoms with Gasteiger partial charge in [0.15, 0.2) is 0 Å². The van der Waals surface area contributed by atoms with Crippen molar-refractivity contribution >= 4 is 5.91 Å². The number of benzene rings is 1. The molecule has 0 aromatic heterocycles. The Bertz CT molecular complexity index is 840. The van der Waals surface area contributed by atoms with Gasteiger partial charge in [-0.25, -0.2) is 0 Å². The second-order valence-electron chi connectivity index (χ2n) is 6.34. The number of rotatable bonds is 8. The molecule has 0 spiro atoms. The molecule has 0 radical (unpaired) electrons. The molecular weight excluding hydrogens is 374 g/mol. The molecule has 160 valence electrons. The van der Waals surface area contributed by atoms with E-state index in [0.29, 0.717) is 18.7 Å². The van der Waals surface area contributed by atoms with Crippen LogP contribution in [0.25, 0.3) is 0 Å². The number of ether oxygens (including phenoxy) is 1. The van der Waals surface area contributed by atoms with Gasteiger partial charge in [-0.05, 0) is 37.6 Å². The van der Waals surface area contributed by atoms with Crippen molar-refractivity contribution in [2.75, 3.05) is 6.61 Å². The molecule has 2 N–H and O–H groups in total. The quantitative estimate of drug-likeness (QED) is 0.312. The van der Waals surface area contributed by atoms with Crippen LogP contribution in [0.1, 0.15) is 39.7 Å². The zero-order valence-electron chi connectivity index (χ0n) is 18.4. The SMILES string of the molecule is CC.C\C=C(C)/C=C\C(=C\O)C(=O)NC1=CCC(OCCc2ccccc2)=CC=C1. The molecule has 0 fully saturated rings. The molecule has 0 saturated carbocycles. The summed E-state index contributed by atoms with van der Waals surface area (Å²) in [5, 5.41) is 12.1. The molecule has 1 aliphatic carbocycles. The highest BCUT2D eigenvalue weighted by Crippen LogP contribution is 2.13. The summed E-state index contributed by atoms with van der Waals surface area (Å²) in [5.41, 5.74) is 3.09. The van der Waals surface area contributed by atoms with Gasteiger partial charge in [0.25, 0.3) is 5.91 Å². The van der Waals surface area contributed by atoms with E-state index in [-0.39, 0.29) is 11.5 Å². The Kier molecular flexibility index (Phi) is 12.1. The van der Waals surface area contributed by atoms with E-state index in [1.54, 1.807) is 18.2 Å². The van der Waals surface area contributed by atoms with E-state index in [4.69, 9.17) is 4.74 Å². The topological polar surface area (TPSA) is 58.6 Å². The molecule has 4 nitrogen and oxygen atoms in total. The first kappa shape index (κ1) is 24.8. The van der Waals surface area contributed by atoms with Crippen LogP contribution < -0.4 is 5.32 Å². The van der Waals surface area contributed by atoms with Gasteiger partial charge in [-0.15, -0.1) is 0 Å². The van der Waals surface area contributed by atoms with E-state index in [9.17, 15) is 9.90 Å². The predicted molar refractivity (Wildman–Crippen MR) is 125 cm³/mol. The smallest absolute Gasteiger partial charge is 0.258 e. The number of carbonyl (C=O) groups excluding carboxylic acids is 1. The zero-order valence-corrected chi connectivity index (χ0v) is 18.4. The minimum absolute atomic E-state index is 0.187. The number of allylic oxidation sites excluding steroid dienone is 7. The van der Waals surface area contributed by atoms with Crippen LogP contribution in [-0.4, -0.2) is 17.6 Å². The first-order valence-electron chi connectivity index (χ1n) is 10.3. The number of hydrogen-bond donors (Lipinski definition) is 2. The van der Waals surface area contributed by atoms with Crippen LogP contribution in [0.4, 0.5) is 0 Å². The standard InChI is InChI=1S/C24H27NO3.C2H6/c1-3-19(2)12-13-21(18-26)24(27)25-22-10-7-11-23(15-14-22)28-17-16-20-8-5-4-6-9-20;1-2/h3-14,18,26H,15-17H2,1-2H3,(H,25,27);1-2H3/b13-12-,19-3-,21-18-;. The molecule has 1 aromatic rings. The third-order valence-electron chi connectivity index (χ3n) is 4.24. The molecule has 1 aromatic carbocycles. The van der Waals surface area contributed by atoms with E-state index in [2.05, 4.69) is 17.4 Å². The third-order valence-corrected chi connectivity index (χ3v) is 4.24. The van der Waals surface area contributed by atoms with Gasteiger partial charge in [0.1, 0.15) is 0 Å². The van der Waals surface area contributed by atoms with E-state index < -0.39 is 0 Å². The predicted octanol–water partition coefficient (Wildman–Crippen LogP) is 6.08. The molecule has 0 unspecified atom stereocenters. The monoisotopic (exact) mass is 407 g/mol. The Balaban J connectivity index is 0.00000218. The van der Waals surface area contributed by atoms with E-state index in [0.717, 1.165) is 24.0 Å². The first-order valence-corrected chi connectivity index (χ1v) is 10.3. The van der Waals surface area contributed by atoms with Crippen LogP contribution in [0.3, 0.4) is 0 Å². The second kappa shape index (κ2) is 14.7. The summed E-state index contributed by atoms with van der Waals surface area (Å²) in [6.45, 7) is 8.44. The van der Waals surface area contributed by atoms with Crippen LogP contribution in [0.2, 0.25) is 0 Å². The molecule has 1 amide bonds. The van der Waals surface area contributed by atoms with Gasteiger partial charge in [0, 0.05) is 18.5 Å². The Morgan fingerprint density at radius 3 is 2.60 bits per heavy atom. The van der Waals surface area contributed by atoms with Gasteiger partial charge in [0.2, 0.25) is 0 Å². The Morgan fingerprint density at radius 2 is 1.93 bits per heavy atom. The van der Waals surface area contributed by atoms with Gasteiger partial charge in [-0.2, -0.15) is 0 Å². The fourth-order valence-corrected chi connectivity index (χ4v) is 2.45. The van der Waals surface area contributed by atoms with Crippen molar-refractivity contribution in [2.45, 2.75) is 40.5 Å². The maximum atomic E-state index is 12.3. The van der Waals surface area contributed by atoms with Gasteiger partial charge in [0.05, 0.1) is 24.2 Å². The Morgan fingerprint density at radius 1 is 1.20 bits per heavy atom. The number of aliphatic hydroxyl groups is 1. The molecule has 0 atom stereocenters. The molecule has 0 aliphatic heterocycles. The molecule has 0 heterocycles. The fourth-order valence-electron chi connectivity index (χ4n) is 2.45. The van der Waals surface area contributed by atoms with Crippen molar-refractivity contribution in [3.8, 4) is 0 Å². The molecule has 30 heavy (non-hydrogen) atoms. The molecule has 0 bridgehead atoms. The van der Waals surface area contributed by atoms with Crippen molar-refractivity contribution in [3.63, 3.8) is 0 Å². The number of carbonyl (C=O) groups is 1. The van der Waals surface area contributed by atoms with E-state index >= 15 is 0 Å². The van der Waals surface area contributed by atoms with E-state index in [1.165, 1.54) is 5.56 Å². The molecular formula is C26H33NO3. The highest BCUT2D eigenvalue weighted by atomic mass is 16.5. The van der Waals surface area contributed by atoms with Crippen molar-refractivity contribution in [1.29, 1.82) is 0 Å². The average molecular weight is 408 g/mol. The number of aliphatic hydroxyl groups excluding tert-OH is 1. The lowest BCUT2D eigenvalue weighted by atomic mass is 10.2. The van der Waals surface area contributed by atoms with Crippen molar-refractivity contribution < 1.29 is 14.6 Å². The molecule has 1 aliphatic rings.